The molecule has 0 aliphatic heterocycles. The molecule has 0 spiro atoms. The summed E-state index contributed by atoms with van der Waals surface area (Å²) in [5, 5.41) is -1.15. The van der Waals surface area contributed by atoms with E-state index >= 15 is 0 Å². The summed E-state index contributed by atoms with van der Waals surface area (Å²) in [7, 11) is 0. The van der Waals surface area contributed by atoms with E-state index in [1.807, 2.05) is 0 Å². The molecule has 0 amide bonds. The molecule has 0 heterocycles. The van der Waals surface area contributed by atoms with Crippen LogP contribution in [0.25, 0.3) is 0 Å². The van der Waals surface area contributed by atoms with Crippen molar-refractivity contribution in [2.24, 2.45) is 0 Å². The normalized spacial score (nSPS) is 11.6. The van der Waals surface area contributed by atoms with Crippen LogP contribution in [0.15, 0.2) is 16.6 Å². The topological polar surface area (TPSA) is 17.1 Å². The Morgan fingerprint density at radius 3 is 2.27 bits per heavy atom. The van der Waals surface area contributed by atoms with Crippen LogP contribution in [-0.2, 0) is 6.18 Å². The lowest BCUT2D eigenvalue weighted by Gasteiger charge is -2.10. The average molecular weight is 305 g/mol. The van der Waals surface area contributed by atoms with Crippen LogP contribution in [-0.4, -0.2) is 5.24 Å². The summed E-state index contributed by atoms with van der Waals surface area (Å²) in [6.07, 6.45) is -4.69. The van der Waals surface area contributed by atoms with E-state index in [1.54, 1.807) is 0 Å². The van der Waals surface area contributed by atoms with Gasteiger partial charge in [0.1, 0.15) is 5.82 Å². The van der Waals surface area contributed by atoms with Gasteiger partial charge in [-0.2, -0.15) is 13.2 Å². The van der Waals surface area contributed by atoms with Gasteiger partial charge in [-0.25, -0.2) is 4.39 Å². The summed E-state index contributed by atoms with van der Waals surface area (Å²) in [4.78, 5) is 10.6. The van der Waals surface area contributed by atoms with E-state index in [4.69, 9.17) is 11.6 Å². The summed E-state index contributed by atoms with van der Waals surface area (Å²) in [6, 6.07) is 1.28. The Hall–Kier alpha value is -0.620. The fourth-order valence-electron chi connectivity index (χ4n) is 0.920. The van der Waals surface area contributed by atoms with E-state index in [-0.39, 0.29) is 0 Å². The molecule has 1 aromatic carbocycles. The molecule has 15 heavy (non-hydrogen) atoms. The van der Waals surface area contributed by atoms with Gasteiger partial charge in [-0.1, -0.05) is 0 Å². The maximum Gasteiger partial charge on any atom is 0.417 e. The van der Waals surface area contributed by atoms with Gasteiger partial charge < -0.3 is 0 Å². The molecule has 0 fully saturated rings. The number of carbonyl (C=O) groups is 1. The first kappa shape index (κ1) is 12.4. The van der Waals surface area contributed by atoms with Gasteiger partial charge in [-0.15, -0.1) is 0 Å². The first-order valence-electron chi connectivity index (χ1n) is 3.50. The molecule has 0 radical (unpaired) electrons. The Labute approximate surface area is 95.2 Å². The van der Waals surface area contributed by atoms with Gasteiger partial charge >= 0.3 is 6.18 Å². The minimum absolute atomic E-state index is 0.586. The van der Waals surface area contributed by atoms with Crippen molar-refractivity contribution in [1.82, 2.24) is 0 Å². The zero-order valence-corrected chi connectivity index (χ0v) is 9.17. The van der Waals surface area contributed by atoms with Crippen molar-refractivity contribution in [3.05, 3.63) is 33.5 Å². The number of benzene rings is 1. The molecular formula is C8H2BrClF4O. The van der Waals surface area contributed by atoms with Crippen LogP contribution in [0.2, 0.25) is 0 Å². The van der Waals surface area contributed by atoms with Crippen LogP contribution in [0.5, 0.6) is 0 Å². The van der Waals surface area contributed by atoms with Gasteiger partial charge in [0, 0.05) is 0 Å². The number of hydrogen-bond donors (Lipinski definition) is 0. The van der Waals surface area contributed by atoms with E-state index in [2.05, 4.69) is 15.9 Å². The summed E-state index contributed by atoms with van der Waals surface area (Å²) >= 11 is 7.40. The lowest BCUT2D eigenvalue weighted by Crippen LogP contribution is -2.09. The van der Waals surface area contributed by atoms with Crippen molar-refractivity contribution >= 4 is 32.8 Å². The molecule has 1 rings (SSSR count). The lowest BCUT2D eigenvalue weighted by atomic mass is 10.1. The molecule has 0 aliphatic carbocycles. The van der Waals surface area contributed by atoms with Crippen LogP contribution in [0, 0.1) is 5.82 Å². The highest BCUT2D eigenvalue weighted by Gasteiger charge is 2.35. The fraction of sp³-hybridized carbons (Fsp3) is 0.125. The highest BCUT2D eigenvalue weighted by Crippen LogP contribution is 2.37. The molecule has 82 valence electrons. The van der Waals surface area contributed by atoms with Gasteiger partial charge in [0.05, 0.1) is 15.6 Å². The summed E-state index contributed by atoms with van der Waals surface area (Å²) < 4.78 is 49.1. The van der Waals surface area contributed by atoms with Gasteiger partial charge in [-0.3, -0.25) is 4.79 Å². The summed E-state index contributed by atoms with van der Waals surface area (Å²) in [5.74, 6) is -1.31. The molecule has 0 N–H and O–H groups in total. The fourth-order valence-corrected chi connectivity index (χ4v) is 1.64. The van der Waals surface area contributed by atoms with Gasteiger partial charge in [0.15, 0.2) is 0 Å². The molecule has 0 aliphatic rings. The van der Waals surface area contributed by atoms with Crippen molar-refractivity contribution in [3.8, 4) is 0 Å². The van der Waals surface area contributed by atoms with Crippen molar-refractivity contribution in [3.63, 3.8) is 0 Å². The Morgan fingerprint density at radius 1 is 1.33 bits per heavy atom. The third-order valence-corrected chi connectivity index (χ3v) is 2.58. The number of hydrogen-bond acceptors (Lipinski definition) is 1. The third-order valence-electron chi connectivity index (χ3n) is 1.60. The molecule has 0 atom stereocenters. The molecule has 7 heteroatoms. The minimum Gasteiger partial charge on any atom is -0.275 e. The monoisotopic (exact) mass is 304 g/mol. The Balaban J connectivity index is 3.41. The van der Waals surface area contributed by atoms with Crippen LogP contribution in [0.4, 0.5) is 17.6 Å². The minimum atomic E-state index is -4.69. The molecule has 0 saturated carbocycles. The van der Waals surface area contributed by atoms with Crippen molar-refractivity contribution in [2.45, 2.75) is 6.18 Å². The summed E-state index contributed by atoms with van der Waals surface area (Å²) in [5.41, 5.74) is -1.79. The van der Waals surface area contributed by atoms with Crippen LogP contribution in [0.3, 0.4) is 0 Å². The molecule has 0 saturated heterocycles. The van der Waals surface area contributed by atoms with Crippen LogP contribution >= 0.6 is 27.5 Å². The number of rotatable bonds is 1. The zero-order valence-electron chi connectivity index (χ0n) is 6.83. The standard InChI is InChI=1S/C8H2BrClF4O/c9-5-4(8(12,13)14)2-1-3(6(5)11)7(10)15/h1-2H. The zero-order chi connectivity index (χ0) is 11.8. The van der Waals surface area contributed by atoms with Gasteiger partial charge in [0.2, 0.25) is 0 Å². The number of halogens is 6. The molecule has 1 aromatic rings. The molecule has 0 aromatic heterocycles. The van der Waals surface area contributed by atoms with E-state index in [0.717, 1.165) is 0 Å². The smallest absolute Gasteiger partial charge is 0.275 e. The van der Waals surface area contributed by atoms with Gasteiger partial charge in [-0.05, 0) is 39.7 Å². The van der Waals surface area contributed by atoms with E-state index in [1.165, 1.54) is 0 Å². The summed E-state index contributed by atoms with van der Waals surface area (Å²) in [6.45, 7) is 0. The maximum atomic E-state index is 13.2. The predicted molar refractivity (Wildman–Crippen MR) is 49.3 cm³/mol. The highest BCUT2D eigenvalue weighted by atomic mass is 79.9. The third kappa shape index (κ3) is 2.49. The van der Waals surface area contributed by atoms with Gasteiger partial charge in [0.25, 0.3) is 5.24 Å². The second-order valence-corrected chi connectivity index (χ2v) is 3.70. The van der Waals surface area contributed by atoms with E-state index < -0.39 is 32.8 Å². The predicted octanol–water partition coefficient (Wildman–Crippen LogP) is 3.99. The van der Waals surface area contributed by atoms with E-state index in [0.29, 0.717) is 12.1 Å². The largest absolute Gasteiger partial charge is 0.417 e. The average Bonchev–Trinajstić information content (AvgIpc) is 2.06. The van der Waals surface area contributed by atoms with Crippen LogP contribution in [0.1, 0.15) is 15.9 Å². The first-order chi connectivity index (χ1) is 6.75. The Bertz CT molecular complexity index is 416. The maximum absolute atomic E-state index is 13.2. The van der Waals surface area contributed by atoms with Crippen LogP contribution < -0.4 is 0 Å². The quantitative estimate of drug-likeness (QED) is 0.566. The second-order valence-electron chi connectivity index (χ2n) is 2.56. The number of carbonyl (C=O) groups excluding carboxylic acids is 1. The lowest BCUT2D eigenvalue weighted by molar-refractivity contribution is -0.138. The second kappa shape index (κ2) is 4.09. The van der Waals surface area contributed by atoms with E-state index in [9.17, 15) is 22.4 Å². The van der Waals surface area contributed by atoms with Crippen molar-refractivity contribution < 1.29 is 22.4 Å². The molecule has 0 bridgehead atoms. The molecule has 1 nitrogen and oxygen atoms in total. The van der Waals surface area contributed by atoms with Crippen molar-refractivity contribution in [1.29, 1.82) is 0 Å². The SMILES string of the molecule is O=C(Cl)c1ccc(C(F)(F)F)c(Br)c1F. The highest BCUT2D eigenvalue weighted by molar-refractivity contribution is 9.10. The molecule has 0 unspecified atom stereocenters. The van der Waals surface area contributed by atoms with Crippen molar-refractivity contribution in [2.75, 3.05) is 0 Å². The number of alkyl halides is 3. The molecular weight excluding hydrogens is 303 g/mol. The Kier molecular flexibility index (Phi) is 3.40. The Morgan fingerprint density at radius 2 is 1.87 bits per heavy atom. The first-order valence-corrected chi connectivity index (χ1v) is 4.67.